The van der Waals surface area contributed by atoms with E-state index in [1.165, 1.54) is 5.56 Å². The third-order valence-electron chi connectivity index (χ3n) is 2.67. The van der Waals surface area contributed by atoms with E-state index in [4.69, 9.17) is 5.11 Å². The molecule has 0 radical (unpaired) electrons. The number of nitrogens with one attached hydrogen (secondary N) is 1. The molecule has 0 saturated heterocycles. The molecule has 0 amide bonds. The fraction of sp³-hybridized carbons (Fsp3) is 0.200. The molecule has 0 fully saturated rings. The Morgan fingerprint density at radius 3 is 2.41 bits per heavy atom. The molecule has 88 valence electrons. The molecule has 0 aliphatic carbocycles. The lowest BCUT2D eigenvalue weighted by Crippen LogP contribution is -2.00. The zero-order valence-electron chi connectivity index (χ0n) is 9.76. The van der Waals surface area contributed by atoms with E-state index < -0.39 is 0 Å². The SMILES string of the molecule is OCCc1cccc(NCc2ccccc2)c1. The van der Waals surface area contributed by atoms with Gasteiger partial charge in [0.2, 0.25) is 0 Å². The third kappa shape index (κ3) is 3.61. The number of anilines is 1. The van der Waals surface area contributed by atoms with E-state index in [1.54, 1.807) is 0 Å². The highest BCUT2D eigenvalue weighted by Crippen LogP contribution is 2.12. The molecule has 2 aromatic rings. The first-order chi connectivity index (χ1) is 8.38. The summed E-state index contributed by atoms with van der Waals surface area (Å²) >= 11 is 0. The Bertz CT molecular complexity index is 453. The summed E-state index contributed by atoms with van der Waals surface area (Å²) in [4.78, 5) is 0. The van der Waals surface area contributed by atoms with Gasteiger partial charge in [0.25, 0.3) is 0 Å². The maximum Gasteiger partial charge on any atom is 0.0471 e. The van der Waals surface area contributed by atoms with Crippen molar-refractivity contribution in [1.29, 1.82) is 0 Å². The lowest BCUT2D eigenvalue weighted by Gasteiger charge is -2.08. The molecule has 2 nitrogen and oxygen atoms in total. The second-order valence-electron chi connectivity index (χ2n) is 4.01. The summed E-state index contributed by atoms with van der Waals surface area (Å²) in [5.41, 5.74) is 3.52. The molecule has 0 aromatic heterocycles. The molecule has 2 rings (SSSR count). The van der Waals surface area contributed by atoms with E-state index in [-0.39, 0.29) is 6.61 Å². The Morgan fingerprint density at radius 1 is 0.882 bits per heavy atom. The summed E-state index contributed by atoms with van der Waals surface area (Å²) in [6, 6.07) is 18.5. The van der Waals surface area contributed by atoms with Crippen LogP contribution in [0.4, 0.5) is 5.69 Å². The fourth-order valence-electron chi connectivity index (χ4n) is 1.77. The van der Waals surface area contributed by atoms with E-state index in [0.29, 0.717) is 6.42 Å². The van der Waals surface area contributed by atoms with Crippen LogP contribution in [0.2, 0.25) is 0 Å². The van der Waals surface area contributed by atoms with Gasteiger partial charge in [0.15, 0.2) is 0 Å². The average Bonchev–Trinajstić information content (AvgIpc) is 2.39. The van der Waals surface area contributed by atoms with Gasteiger partial charge in [-0.3, -0.25) is 0 Å². The van der Waals surface area contributed by atoms with Gasteiger partial charge >= 0.3 is 0 Å². The smallest absolute Gasteiger partial charge is 0.0471 e. The van der Waals surface area contributed by atoms with Crippen molar-refractivity contribution in [2.75, 3.05) is 11.9 Å². The van der Waals surface area contributed by atoms with Gasteiger partial charge in [-0.05, 0) is 29.7 Å². The highest BCUT2D eigenvalue weighted by Gasteiger charge is 1.96. The van der Waals surface area contributed by atoms with Crippen LogP contribution in [-0.2, 0) is 13.0 Å². The minimum atomic E-state index is 0.197. The van der Waals surface area contributed by atoms with Crippen LogP contribution in [0.3, 0.4) is 0 Å². The van der Waals surface area contributed by atoms with Crippen molar-refractivity contribution in [3.8, 4) is 0 Å². The molecular weight excluding hydrogens is 210 g/mol. The quantitative estimate of drug-likeness (QED) is 0.823. The molecule has 0 bridgehead atoms. The van der Waals surface area contributed by atoms with Crippen LogP contribution >= 0.6 is 0 Å². The first-order valence-corrected chi connectivity index (χ1v) is 5.86. The largest absolute Gasteiger partial charge is 0.396 e. The van der Waals surface area contributed by atoms with Gasteiger partial charge in [-0.2, -0.15) is 0 Å². The number of aliphatic hydroxyl groups excluding tert-OH is 1. The average molecular weight is 227 g/mol. The van der Waals surface area contributed by atoms with Gasteiger partial charge in [-0.1, -0.05) is 42.5 Å². The highest BCUT2D eigenvalue weighted by atomic mass is 16.2. The Balaban J connectivity index is 1.97. The molecule has 2 heteroatoms. The molecule has 2 N–H and O–H groups in total. The number of hydrogen-bond acceptors (Lipinski definition) is 2. The predicted octanol–water partition coefficient (Wildman–Crippen LogP) is 2.83. The second kappa shape index (κ2) is 6.06. The minimum Gasteiger partial charge on any atom is -0.396 e. The normalized spacial score (nSPS) is 10.2. The third-order valence-corrected chi connectivity index (χ3v) is 2.67. The lowest BCUT2D eigenvalue weighted by molar-refractivity contribution is 0.299. The first-order valence-electron chi connectivity index (χ1n) is 5.86. The Morgan fingerprint density at radius 2 is 1.65 bits per heavy atom. The first kappa shape index (κ1) is 11.7. The van der Waals surface area contributed by atoms with Crippen LogP contribution in [0.15, 0.2) is 54.6 Å². The molecule has 2 aromatic carbocycles. The molecule has 0 aliphatic rings. The van der Waals surface area contributed by atoms with Gasteiger partial charge in [0, 0.05) is 18.8 Å². The van der Waals surface area contributed by atoms with E-state index in [1.807, 2.05) is 36.4 Å². The Hall–Kier alpha value is -1.80. The van der Waals surface area contributed by atoms with Gasteiger partial charge in [0.1, 0.15) is 0 Å². The van der Waals surface area contributed by atoms with Crippen LogP contribution in [0.1, 0.15) is 11.1 Å². The van der Waals surface area contributed by atoms with Crippen molar-refractivity contribution < 1.29 is 5.11 Å². The van der Waals surface area contributed by atoms with Crippen molar-refractivity contribution in [2.24, 2.45) is 0 Å². The maximum atomic E-state index is 8.90. The summed E-state index contributed by atoms with van der Waals surface area (Å²) in [6.07, 6.45) is 0.709. The topological polar surface area (TPSA) is 32.3 Å². The molecule has 0 saturated carbocycles. The molecular formula is C15H17NO. The Kier molecular flexibility index (Phi) is 4.17. The summed E-state index contributed by atoms with van der Waals surface area (Å²) in [5, 5.41) is 12.3. The highest BCUT2D eigenvalue weighted by molar-refractivity contribution is 5.46. The van der Waals surface area contributed by atoms with Crippen LogP contribution < -0.4 is 5.32 Å². The monoisotopic (exact) mass is 227 g/mol. The molecule has 0 heterocycles. The fourth-order valence-corrected chi connectivity index (χ4v) is 1.77. The van der Waals surface area contributed by atoms with Crippen molar-refractivity contribution in [2.45, 2.75) is 13.0 Å². The number of aliphatic hydroxyl groups is 1. The van der Waals surface area contributed by atoms with Crippen molar-refractivity contribution in [3.05, 3.63) is 65.7 Å². The van der Waals surface area contributed by atoms with Gasteiger partial charge in [0.05, 0.1) is 0 Å². The van der Waals surface area contributed by atoms with Crippen molar-refractivity contribution in [3.63, 3.8) is 0 Å². The molecule has 0 aliphatic heterocycles. The van der Waals surface area contributed by atoms with E-state index in [0.717, 1.165) is 17.8 Å². The zero-order valence-corrected chi connectivity index (χ0v) is 9.76. The predicted molar refractivity (Wildman–Crippen MR) is 71.0 cm³/mol. The van der Waals surface area contributed by atoms with Gasteiger partial charge in [-0.15, -0.1) is 0 Å². The van der Waals surface area contributed by atoms with E-state index >= 15 is 0 Å². The Labute approximate surface area is 102 Å². The molecule has 0 atom stereocenters. The van der Waals surface area contributed by atoms with Crippen LogP contribution in [0.5, 0.6) is 0 Å². The zero-order chi connectivity index (χ0) is 11.9. The molecule has 0 spiro atoms. The van der Waals surface area contributed by atoms with Gasteiger partial charge in [-0.25, -0.2) is 0 Å². The molecule has 17 heavy (non-hydrogen) atoms. The number of rotatable bonds is 5. The van der Waals surface area contributed by atoms with Crippen molar-refractivity contribution >= 4 is 5.69 Å². The minimum absolute atomic E-state index is 0.197. The summed E-state index contributed by atoms with van der Waals surface area (Å²) in [5.74, 6) is 0. The van der Waals surface area contributed by atoms with Crippen LogP contribution in [0, 0.1) is 0 Å². The van der Waals surface area contributed by atoms with Crippen LogP contribution in [0.25, 0.3) is 0 Å². The van der Waals surface area contributed by atoms with E-state index in [9.17, 15) is 0 Å². The lowest BCUT2D eigenvalue weighted by atomic mass is 10.1. The molecule has 0 unspecified atom stereocenters. The van der Waals surface area contributed by atoms with Gasteiger partial charge < -0.3 is 10.4 Å². The van der Waals surface area contributed by atoms with Crippen LogP contribution in [-0.4, -0.2) is 11.7 Å². The summed E-state index contributed by atoms with van der Waals surface area (Å²) in [7, 11) is 0. The number of hydrogen-bond donors (Lipinski definition) is 2. The second-order valence-corrected chi connectivity index (χ2v) is 4.01. The summed E-state index contributed by atoms with van der Waals surface area (Å²) < 4.78 is 0. The van der Waals surface area contributed by atoms with Crippen molar-refractivity contribution in [1.82, 2.24) is 0 Å². The van der Waals surface area contributed by atoms with E-state index in [2.05, 4.69) is 23.5 Å². The maximum absolute atomic E-state index is 8.90. The summed E-state index contributed by atoms with van der Waals surface area (Å²) in [6.45, 7) is 1.02. The standard InChI is InChI=1S/C15H17NO/c17-10-9-13-7-4-8-15(11-13)16-12-14-5-2-1-3-6-14/h1-8,11,16-17H,9-10,12H2. The number of benzene rings is 2.